The Morgan fingerprint density at radius 3 is 2.78 bits per heavy atom. The highest BCUT2D eigenvalue weighted by molar-refractivity contribution is 4.86. The van der Waals surface area contributed by atoms with Crippen molar-refractivity contribution in [1.29, 1.82) is 0 Å². The van der Waals surface area contributed by atoms with E-state index in [9.17, 15) is 0 Å². The van der Waals surface area contributed by atoms with E-state index in [4.69, 9.17) is 0 Å². The van der Waals surface area contributed by atoms with Gasteiger partial charge in [-0.05, 0) is 58.2 Å². The zero-order chi connectivity index (χ0) is 12.2. The maximum atomic E-state index is 3.61. The van der Waals surface area contributed by atoms with Gasteiger partial charge in [0.1, 0.15) is 0 Å². The van der Waals surface area contributed by atoms with Crippen LogP contribution < -0.4 is 5.32 Å². The van der Waals surface area contributed by atoms with Gasteiger partial charge in [-0.15, -0.1) is 0 Å². The highest BCUT2D eigenvalue weighted by Gasteiger charge is 2.29. The number of unbranched alkanes of at least 4 members (excludes halogenated alkanes) is 2. The summed E-state index contributed by atoms with van der Waals surface area (Å²) in [6.07, 6.45) is 9.91. The van der Waals surface area contributed by atoms with Crippen molar-refractivity contribution in [3.8, 4) is 0 Å². The molecular formula is C15H29N3. The van der Waals surface area contributed by atoms with Gasteiger partial charge in [-0.25, -0.2) is 0 Å². The zero-order valence-corrected chi connectivity index (χ0v) is 11.7. The second-order valence-electron chi connectivity index (χ2n) is 6.42. The van der Waals surface area contributed by atoms with Crippen molar-refractivity contribution in [3.05, 3.63) is 0 Å². The molecule has 2 aliphatic heterocycles. The molecule has 3 nitrogen and oxygen atoms in total. The van der Waals surface area contributed by atoms with E-state index >= 15 is 0 Å². The number of hydrogen-bond donors (Lipinski definition) is 1. The van der Waals surface area contributed by atoms with E-state index in [1.54, 1.807) is 0 Å². The minimum Gasteiger partial charge on any atom is -0.314 e. The maximum Gasteiger partial charge on any atom is 0.0224 e. The summed E-state index contributed by atoms with van der Waals surface area (Å²) in [5, 5.41) is 3.61. The topological polar surface area (TPSA) is 18.5 Å². The average Bonchev–Trinajstić information content (AvgIpc) is 3.09. The van der Waals surface area contributed by atoms with Crippen LogP contribution in [-0.2, 0) is 0 Å². The first-order chi connectivity index (χ1) is 8.92. The molecule has 0 aromatic rings. The van der Waals surface area contributed by atoms with E-state index in [-0.39, 0.29) is 0 Å². The van der Waals surface area contributed by atoms with Gasteiger partial charge in [0, 0.05) is 31.7 Å². The Morgan fingerprint density at radius 2 is 1.89 bits per heavy atom. The van der Waals surface area contributed by atoms with E-state index in [0.29, 0.717) is 0 Å². The Labute approximate surface area is 112 Å². The molecule has 1 atom stereocenters. The zero-order valence-electron chi connectivity index (χ0n) is 11.7. The van der Waals surface area contributed by atoms with Crippen LogP contribution in [0.25, 0.3) is 0 Å². The van der Waals surface area contributed by atoms with Gasteiger partial charge in [-0.1, -0.05) is 6.42 Å². The lowest BCUT2D eigenvalue weighted by molar-refractivity contribution is 0.103. The molecule has 0 aromatic heterocycles. The molecule has 18 heavy (non-hydrogen) atoms. The molecule has 0 radical (unpaired) electrons. The predicted molar refractivity (Wildman–Crippen MR) is 75.9 cm³/mol. The molecule has 3 aliphatic rings. The quantitative estimate of drug-likeness (QED) is 0.695. The van der Waals surface area contributed by atoms with Gasteiger partial charge in [0.15, 0.2) is 0 Å². The SMILES string of the molecule is C(CCNC1CC1)CCN1CCN2CCCC2C1. The smallest absolute Gasteiger partial charge is 0.0224 e. The molecule has 1 saturated carbocycles. The fourth-order valence-electron chi connectivity index (χ4n) is 3.49. The van der Waals surface area contributed by atoms with Crippen LogP contribution in [0.15, 0.2) is 0 Å². The van der Waals surface area contributed by atoms with Crippen molar-refractivity contribution in [3.63, 3.8) is 0 Å². The fraction of sp³-hybridized carbons (Fsp3) is 1.00. The number of nitrogens with one attached hydrogen (secondary N) is 1. The molecule has 1 unspecified atom stereocenters. The summed E-state index contributed by atoms with van der Waals surface area (Å²) >= 11 is 0. The third kappa shape index (κ3) is 3.69. The van der Waals surface area contributed by atoms with E-state index in [1.165, 1.54) is 84.2 Å². The first kappa shape index (κ1) is 12.9. The van der Waals surface area contributed by atoms with Gasteiger partial charge < -0.3 is 10.2 Å². The van der Waals surface area contributed by atoms with Gasteiger partial charge >= 0.3 is 0 Å². The monoisotopic (exact) mass is 251 g/mol. The number of piperazine rings is 1. The minimum atomic E-state index is 0.889. The van der Waals surface area contributed by atoms with Crippen molar-refractivity contribution < 1.29 is 0 Å². The van der Waals surface area contributed by atoms with Crippen molar-refractivity contribution >= 4 is 0 Å². The second kappa shape index (κ2) is 6.36. The van der Waals surface area contributed by atoms with E-state index in [2.05, 4.69) is 15.1 Å². The first-order valence-electron chi connectivity index (χ1n) is 8.11. The summed E-state index contributed by atoms with van der Waals surface area (Å²) in [7, 11) is 0. The minimum absolute atomic E-state index is 0.889. The maximum absolute atomic E-state index is 3.61. The van der Waals surface area contributed by atoms with Crippen LogP contribution >= 0.6 is 0 Å². The van der Waals surface area contributed by atoms with Crippen LogP contribution in [0.2, 0.25) is 0 Å². The van der Waals surface area contributed by atoms with Gasteiger partial charge in [0.05, 0.1) is 0 Å². The molecule has 0 aromatic carbocycles. The number of nitrogens with zero attached hydrogens (tertiary/aromatic N) is 2. The normalized spacial score (nSPS) is 29.7. The number of rotatable bonds is 7. The molecular weight excluding hydrogens is 222 g/mol. The van der Waals surface area contributed by atoms with Crippen LogP contribution in [0.1, 0.15) is 44.9 Å². The molecule has 104 valence electrons. The van der Waals surface area contributed by atoms with Gasteiger partial charge in [-0.3, -0.25) is 4.90 Å². The van der Waals surface area contributed by atoms with Gasteiger partial charge in [-0.2, -0.15) is 0 Å². The summed E-state index contributed by atoms with van der Waals surface area (Å²) in [5.41, 5.74) is 0. The first-order valence-corrected chi connectivity index (χ1v) is 8.11. The molecule has 3 fully saturated rings. The molecule has 0 spiro atoms. The van der Waals surface area contributed by atoms with Crippen molar-refractivity contribution in [2.75, 3.05) is 39.3 Å². The van der Waals surface area contributed by atoms with Crippen LogP contribution in [-0.4, -0.2) is 61.2 Å². The summed E-state index contributed by atoms with van der Waals surface area (Å²) in [5.74, 6) is 0. The molecule has 2 saturated heterocycles. The van der Waals surface area contributed by atoms with Crippen LogP contribution in [0, 0.1) is 0 Å². The second-order valence-corrected chi connectivity index (χ2v) is 6.42. The Morgan fingerprint density at radius 1 is 0.944 bits per heavy atom. The van der Waals surface area contributed by atoms with Crippen LogP contribution in [0.5, 0.6) is 0 Å². The molecule has 3 rings (SSSR count). The Hall–Kier alpha value is -0.120. The van der Waals surface area contributed by atoms with Crippen molar-refractivity contribution in [2.45, 2.75) is 57.0 Å². The number of hydrogen-bond acceptors (Lipinski definition) is 3. The van der Waals surface area contributed by atoms with E-state index < -0.39 is 0 Å². The Balaban J connectivity index is 1.22. The van der Waals surface area contributed by atoms with Crippen LogP contribution in [0.4, 0.5) is 0 Å². The van der Waals surface area contributed by atoms with Gasteiger partial charge in [0.25, 0.3) is 0 Å². The standard InChI is InChI=1S/C15H29N3/c1(2-8-16-14-6-7-14)3-9-17-11-12-18-10-4-5-15(18)13-17/h14-16H,1-13H2. The highest BCUT2D eigenvalue weighted by Crippen LogP contribution is 2.21. The Bertz CT molecular complexity index is 252. The third-order valence-electron chi connectivity index (χ3n) is 4.83. The summed E-state index contributed by atoms with van der Waals surface area (Å²) < 4.78 is 0. The largest absolute Gasteiger partial charge is 0.314 e. The fourth-order valence-corrected chi connectivity index (χ4v) is 3.49. The third-order valence-corrected chi connectivity index (χ3v) is 4.83. The summed E-state index contributed by atoms with van der Waals surface area (Å²) in [6, 6.07) is 1.79. The van der Waals surface area contributed by atoms with Gasteiger partial charge in [0.2, 0.25) is 0 Å². The predicted octanol–water partition coefficient (Wildman–Crippen LogP) is 1.69. The molecule has 1 N–H and O–H groups in total. The highest BCUT2D eigenvalue weighted by atomic mass is 15.3. The summed E-state index contributed by atoms with van der Waals surface area (Å²) in [4.78, 5) is 5.41. The molecule has 0 bridgehead atoms. The van der Waals surface area contributed by atoms with Crippen molar-refractivity contribution in [2.24, 2.45) is 0 Å². The van der Waals surface area contributed by atoms with Crippen LogP contribution in [0.3, 0.4) is 0 Å². The van der Waals surface area contributed by atoms with E-state index in [0.717, 1.165) is 12.1 Å². The molecule has 2 heterocycles. The Kier molecular flexibility index (Phi) is 4.55. The average molecular weight is 251 g/mol. The molecule has 1 aliphatic carbocycles. The van der Waals surface area contributed by atoms with E-state index in [1.807, 2.05) is 0 Å². The lowest BCUT2D eigenvalue weighted by atomic mass is 10.1. The number of fused-ring (bicyclic) bond motifs is 1. The lowest BCUT2D eigenvalue weighted by Crippen LogP contribution is -2.50. The molecule has 3 heteroatoms. The lowest BCUT2D eigenvalue weighted by Gasteiger charge is -2.37. The molecule has 0 amide bonds. The summed E-state index contributed by atoms with van der Waals surface area (Å²) in [6.45, 7) is 7.95. The van der Waals surface area contributed by atoms with Crippen molar-refractivity contribution in [1.82, 2.24) is 15.1 Å².